The van der Waals surface area contributed by atoms with Crippen molar-refractivity contribution in [1.82, 2.24) is 4.57 Å². The van der Waals surface area contributed by atoms with Crippen molar-refractivity contribution in [3.8, 4) is 5.75 Å². The van der Waals surface area contributed by atoms with Crippen LogP contribution in [0.5, 0.6) is 5.75 Å². The molecule has 2 aromatic rings. The van der Waals surface area contributed by atoms with Crippen LogP contribution in [0.25, 0.3) is 10.8 Å². The number of aromatic nitrogens is 1. The average molecular weight is 415 g/mol. The number of benzene rings is 1. The first-order valence-electron chi connectivity index (χ1n) is 8.32. The molecule has 132 valence electrons. The molecule has 0 fully saturated rings. The van der Waals surface area contributed by atoms with Gasteiger partial charge in [0.15, 0.2) is 0 Å². The van der Waals surface area contributed by atoms with E-state index in [2.05, 4.69) is 43.6 Å². The van der Waals surface area contributed by atoms with Gasteiger partial charge in [-0.3, -0.25) is 4.79 Å². The van der Waals surface area contributed by atoms with Gasteiger partial charge in [-0.2, -0.15) is 0 Å². The van der Waals surface area contributed by atoms with Crippen LogP contribution in [0.4, 0.5) is 0 Å². The maximum Gasteiger partial charge on any atom is 0.258 e. The molecule has 5 heteroatoms. The van der Waals surface area contributed by atoms with Crippen molar-refractivity contribution in [2.45, 2.75) is 53.0 Å². The quantitative estimate of drug-likeness (QED) is 0.446. The molecule has 0 radical (unpaired) electrons. The lowest BCUT2D eigenvalue weighted by molar-refractivity contribution is 0.296. The van der Waals surface area contributed by atoms with Crippen LogP contribution >= 0.6 is 27.5 Å². The first-order valence-corrected chi connectivity index (χ1v) is 9.65. The predicted molar refractivity (Wildman–Crippen MR) is 105 cm³/mol. The molecule has 0 aliphatic heterocycles. The third-order valence-corrected chi connectivity index (χ3v) is 4.72. The fourth-order valence-electron chi connectivity index (χ4n) is 2.72. The van der Waals surface area contributed by atoms with E-state index >= 15 is 0 Å². The number of unbranched alkanes of at least 4 members (excludes halogenated alkanes) is 1. The molecule has 1 heterocycles. The number of hydrogen-bond donors (Lipinski definition) is 0. The second-order valence-corrected chi connectivity index (χ2v) is 8.35. The number of ether oxygens (including phenoxy) is 1. The maximum atomic E-state index is 13.0. The Morgan fingerprint density at radius 3 is 2.58 bits per heavy atom. The van der Waals surface area contributed by atoms with Gasteiger partial charge in [0.1, 0.15) is 5.75 Å². The Hall–Kier alpha value is -1.000. The number of nitrogens with zero attached hydrogens (tertiary/aromatic N) is 1. The maximum absolute atomic E-state index is 13.0. The van der Waals surface area contributed by atoms with Gasteiger partial charge in [-0.05, 0) is 24.0 Å². The van der Waals surface area contributed by atoms with E-state index in [0.717, 1.165) is 34.1 Å². The van der Waals surface area contributed by atoms with Gasteiger partial charge in [0.25, 0.3) is 5.56 Å². The fourth-order valence-corrected chi connectivity index (χ4v) is 3.53. The van der Waals surface area contributed by atoms with E-state index in [4.69, 9.17) is 16.3 Å². The van der Waals surface area contributed by atoms with Crippen LogP contribution in [0.15, 0.2) is 27.5 Å². The van der Waals surface area contributed by atoms with E-state index in [1.165, 1.54) is 0 Å². The number of pyridine rings is 1. The molecule has 1 aromatic heterocycles. The first-order chi connectivity index (χ1) is 11.3. The summed E-state index contributed by atoms with van der Waals surface area (Å²) in [5, 5.41) is 1.48. The molecule has 0 N–H and O–H groups in total. The summed E-state index contributed by atoms with van der Waals surface area (Å²) in [6.07, 6.45) is 2.02. The highest BCUT2D eigenvalue weighted by molar-refractivity contribution is 9.10. The summed E-state index contributed by atoms with van der Waals surface area (Å²) in [5.74, 6) is 0.967. The summed E-state index contributed by atoms with van der Waals surface area (Å²) in [7, 11) is 0. The minimum atomic E-state index is -0.0367. The fraction of sp³-hybridized carbons (Fsp3) is 0.526. The van der Waals surface area contributed by atoms with Gasteiger partial charge < -0.3 is 9.30 Å². The van der Waals surface area contributed by atoms with Crippen molar-refractivity contribution >= 4 is 38.3 Å². The predicted octanol–water partition coefficient (Wildman–Crippen LogP) is 5.73. The standard InChI is InChI=1S/C19H25BrClNO2/c1-5-6-10-24-17-15(11-21)22(12-19(2,3)4)18(23)13-8-7-9-14(20)16(13)17/h7-9H,5-6,10-12H2,1-4H3. The van der Waals surface area contributed by atoms with E-state index in [0.29, 0.717) is 18.5 Å². The SMILES string of the molecule is CCCCOc1c(CCl)n(CC(C)(C)C)c(=O)c2cccc(Br)c12. The van der Waals surface area contributed by atoms with Crippen LogP contribution in [0, 0.1) is 5.41 Å². The molecule has 0 spiro atoms. The van der Waals surface area contributed by atoms with Crippen LogP contribution < -0.4 is 10.3 Å². The zero-order chi connectivity index (χ0) is 17.9. The molecule has 0 aliphatic rings. The van der Waals surface area contributed by atoms with E-state index in [-0.39, 0.29) is 16.9 Å². The van der Waals surface area contributed by atoms with E-state index in [1.807, 2.05) is 18.2 Å². The summed E-state index contributed by atoms with van der Waals surface area (Å²) in [6.45, 7) is 9.67. The van der Waals surface area contributed by atoms with Crippen molar-refractivity contribution < 1.29 is 4.74 Å². The highest BCUT2D eigenvalue weighted by Gasteiger charge is 2.22. The third-order valence-electron chi connectivity index (χ3n) is 3.81. The third kappa shape index (κ3) is 4.15. The highest BCUT2D eigenvalue weighted by Crippen LogP contribution is 2.35. The van der Waals surface area contributed by atoms with Gasteiger partial charge in [-0.25, -0.2) is 0 Å². The van der Waals surface area contributed by atoms with E-state index in [9.17, 15) is 4.79 Å². The van der Waals surface area contributed by atoms with E-state index < -0.39 is 0 Å². The minimum absolute atomic E-state index is 0.0142. The molecular weight excluding hydrogens is 390 g/mol. The smallest absolute Gasteiger partial charge is 0.258 e. The lowest BCUT2D eigenvalue weighted by Gasteiger charge is -2.25. The molecule has 3 nitrogen and oxygen atoms in total. The molecule has 24 heavy (non-hydrogen) atoms. The van der Waals surface area contributed by atoms with Crippen molar-refractivity contribution in [2.24, 2.45) is 5.41 Å². The number of alkyl halides is 1. The topological polar surface area (TPSA) is 31.2 Å². The average Bonchev–Trinajstić information content (AvgIpc) is 2.50. The van der Waals surface area contributed by atoms with Crippen LogP contribution in [0.2, 0.25) is 0 Å². The summed E-state index contributed by atoms with van der Waals surface area (Å²) in [5.41, 5.74) is 0.706. The molecule has 0 bridgehead atoms. The molecule has 1 aromatic carbocycles. The summed E-state index contributed by atoms with van der Waals surface area (Å²) < 4.78 is 8.74. The Morgan fingerprint density at radius 2 is 2.00 bits per heavy atom. The Bertz CT molecular complexity index is 778. The molecule has 0 unspecified atom stereocenters. The lowest BCUT2D eigenvalue weighted by atomic mass is 9.96. The summed E-state index contributed by atoms with van der Waals surface area (Å²) >= 11 is 9.82. The monoisotopic (exact) mass is 413 g/mol. The van der Waals surface area contributed by atoms with Gasteiger partial charge in [0.05, 0.1) is 23.6 Å². The van der Waals surface area contributed by atoms with Crippen molar-refractivity contribution in [3.63, 3.8) is 0 Å². The van der Waals surface area contributed by atoms with Crippen molar-refractivity contribution in [1.29, 1.82) is 0 Å². The van der Waals surface area contributed by atoms with Crippen molar-refractivity contribution in [3.05, 3.63) is 38.7 Å². The van der Waals surface area contributed by atoms with Gasteiger partial charge in [-0.1, -0.05) is 56.1 Å². The first kappa shape index (κ1) is 19.3. The normalized spacial score (nSPS) is 11.9. The molecule has 0 saturated heterocycles. The molecular formula is C19H25BrClNO2. The molecule has 2 rings (SSSR count). The number of rotatable bonds is 6. The Kier molecular flexibility index (Phi) is 6.38. The number of halogens is 2. The largest absolute Gasteiger partial charge is 0.491 e. The van der Waals surface area contributed by atoms with Gasteiger partial charge in [0, 0.05) is 16.4 Å². The lowest BCUT2D eigenvalue weighted by Crippen LogP contribution is -2.30. The van der Waals surface area contributed by atoms with Crippen LogP contribution in [-0.2, 0) is 12.4 Å². The van der Waals surface area contributed by atoms with Crippen LogP contribution in [0.3, 0.4) is 0 Å². The Balaban J connectivity index is 2.77. The Morgan fingerprint density at radius 1 is 1.29 bits per heavy atom. The van der Waals surface area contributed by atoms with Gasteiger partial charge in [-0.15, -0.1) is 11.6 Å². The minimum Gasteiger partial charge on any atom is -0.491 e. The summed E-state index contributed by atoms with van der Waals surface area (Å²) in [6, 6.07) is 5.66. The van der Waals surface area contributed by atoms with E-state index in [1.54, 1.807) is 4.57 Å². The molecule has 0 saturated carbocycles. The second-order valence-electron chi connectivity index (χ2n) is 7.23. The summed E-state index contributed by atoms with van der Waals surface area (Å²) in [4.78, 5) is 13.0. The zero-order valence-electron chi connectivity index (χ0n) is 14.8. The highest BCUT2D eigenvalue weighted by atomic mass is 79.9. The molecule has 0 atom stereocenters. The molecule has 0 amide bonds. The van der Waals surface area contributed by atoms with Crippen molar-refractivity contribution in [2.75, 3.05) is 6.61 Å². The zero-order valence-corrected chi connectivity index (χ0v) is 17.1. The van der Waals surface area contributed by atoms with Crippen LogP contribution in [-0.4, -0.2) is 11.2 Å². The number of fused-ring (bicyclic) bond motifs is 1. The second kappa shape index (κ2) is 7.92. The van der Waals surface area contributed by atoms with Gasteiger partial charge >= 0.3 is 0 Å². The number of hydrogen-bond acceptors (Lipinski definition) is 2. The van der Waals surface area contributed by atoms with Gasteiger partial charge in [0.2, 0.25) is 0 Å². The van der Waals surface area contributed by atoms with Crippen LogP contribution in [0.1, 0.15) is 46.2 Å². The Labute approximate surface area is 157 Å². The molecule has 0 aliphatic carbocycles.